The molecule has 1 heterocycles. The van der Waals surface area contributed by atoms with Crippen molar-refractivity contribution in [3.63, 3.8) is 0 Å². The third-order valence-electron chi connectivity index (χ3n) is 4.27. The lowest BCUT2D eigenvalue weighted by atomic mass is 10.1. The van der Waals surface area contributed by atoms with Crippen LogP contribution in [0.5, 0.6) is 0 Å². The van der Waals surface area contributed by atoms with Gasteiger partial charge in [-0.25, -0.2) is 8.42 Å². The van der Waals surface area contributed by atoms with E-state index in [0.717, 1.165) is 11.8 Å². The van der Waals surface area contributed by atoms with Gasteiger partial charge in [-0.15, -0.1) is 0 Å². The fourth-order valence-electron chi connectivity index (χ4n) is 2.81. The van der Waals surface area contributed by atoms with Gasteiger partial charge in [-0.1, -0.05) is 23.7 Å². The van der Waals surface area contributed by atoms with Crippen LogP contribution in [-0.4, -0.2) is 37.6 Å². The molecule has 5 nitrogen and oxygen atoms in total. The summed E-state index contributed by atoms with van der Waals surface area (Å²) in [5.41, 5.74) is 2.62. The van der Waals surface area contributed by atoms with Gasteiger partial charge in [-0.2, -0.15) is 0 Å². The molecule has 140 valence electrons. The number of thiocarbonyl (C=S) groups is 1. The maximum atomic E-state index is 13.0. The Labute approximate surface area is 168 Å². The van der Waals surface area contributed by atoms with Crippen molar-refractivity contribution in [1.82, 2.24) is 4.90 Å². The zero-order valence-corrected chi connectivity index (χ0v) is 17.3. The van der Waals surface area contributed by atoms with Crippen LogP contribution in [0.15, 0.2) is 53.1 Å². The van der Waals surface area contributed by atoms with E-state index in [9.17, 15) is 13.2 Å². The summed E-state index contributed by atoms with van der Waals surface area (Å²) in [5, 5.41) is 0.952. The Morgan fingerprint density at radius 3 is 2.30 bits per heavy atom. The van der Waals surface area contributed by atoms with Crippen LogP contribution >= 0.6 is 23.8 Å². The fourth-order valence-corrected chi connectivity index (χ4v) is 3.94. The molecule has 1 aliphatic rings. The maximum Gasteiger partial charge on any atom is 0.281 e. The van der Waals surface area contributed by atoms with Gasteiger partial charge in [0.2, 0.25) is 0 Å². The largest absolute Gasteiger partial charge is 0.317 e. The number of anilines is 1. The highest BCUT2D eigenvalue weighted by atomic mass is 35.5. The topological polar surface area (TPSA) is 57.7 Å². The second-order valence-corrected chi connectivity index (χ2v) is 9.10. The Balaban J connectivity index is 1.99. The van der Waals surface area contributed by atoms with Gasteiger partial charge in [0.1, 0.15) is 5.70 Å². The molecule has 0 N–H and O–H groups in total. The van der Waals surface area contributed by atoms with Gasteiger partial charge in [-0.3, -0.25) is 9.69 Å². The van der Waals surface area contributed by atoms with E-state index in [2.05, 4.69) is 0 Å². The van der Waals surface area contributed by atoms with E-state index in [1.807, 2.05) is 6.92 Å². The molecule has 0 bridgehead atoms. The maximum absolute atomic E-state index is 13.0. The third kappa shape index (κ3) is 3.76. The molecule has 0 unspecified atom stereocenters. The summed E-state index contributed by atoms with van der Waals surface area (Å²) in [7, 11) is -1.54. The lowest BCUT2D eigenvalue weighted by Crippen LogP contribution is -2.31. The molecule has 2 aromatic carbocycles. The molecular formula is C19H17ClN2O3S2. The van der Waals surface area contributed by atoms with Crippen LogP contribution < -0.4 is 4.90 Å². The lowest BCUT2D eigenvalue weighted by molar-refractivity contribution is -0.114. The SMILES string of the molecule is Cc1cc(Cl)ccc1N1C(=O)C(=Cc2ccc(S(C)(=O)=O)cc2)N(C)C1=S. The highest BCUT2D eigenvalue weighted by molar-refractivity contribution is 7.90. The predicted molar refractivity (Wildman–Crippen MR) is 112 cm³/mol. The van der Waals surface area contributed by atoms with Crippen molar-refractivity contribution in [1.29, 1.82) is 0 Å². The number of rotatable bonds is 3. The van der Waals surface area contributed by atoms with Crippen LogP contribution in [0, 0.1) is 6.92 Å². The summed E-state index contributed by atoms with van der Waals surface area (Å²) >= 11 is 11.5. The molecule has 27 heavy (non-hydrogen) atoms. The van der Waals surface area contributed by atoms with Gasteiger partial charge >= 0.3 is 0 Å². The van der Waals surface area contributed by atoms with Crippen LogP contribution in [0.4, 0.5) is 5.69 Å². The van der Waals surface area contributed by atoms with Crippen molar-refractivity contribution < 1.29 is 13.2 Å². The second-order valence-electron chi connectivity index (χ2n) is 6.28. The van der Waals surface area contributed by atoms with Crippen molar-refractivity contribution in [3.8, 4) is 0 Å². The van der Waals surface area contributed by atoms with Crippen molar-refractivity contribution in [2.45, 2.75) is 11.8 Å². The number of likely N-dealkylation sites (N-methyl/N-ethyl adjacent to an activating group) is 1. The standard InChI is InChI=1S/C19H17ClN2O3S2/c1-12-10-14(20)6-9-16(12)22-18(23)17(21(2)19(22)26)11-13-4-7-15(8-5-13)27(3,24)25/h4-11H,1-3H3. The summed E-state index contributed by atoms with van der Waals surface area (Å²) in [6.07, 6.45) is 2.84. The van der Waals surface area contributed by atoms with E-state index < -0.39 is 9.84 Å². The van der Waals surface area contributed by atoms with E-state index >= 15 is 0 Å². The van der Waals surface area contributed by atoms with Crippen LogP contribution in [0.25, 0.3) is 6.08 Å². The summed E-state index contributed by atoms with van der Waals surface area (Å²) in [4.78, 5) is 16.3. The average Bonchev–Trinajstić information content (AvgIpc) is 2.79. The molecule has 0 atom stereocenters. The molecule has 0 aliphatic carbocycles. The van der Waals surface area contributed by atoms with E-state index in [1.54, 1.807) is 48.4 Å². The lowest BCUT2D eigenvalue weighted by Gasteiger charge is -2.18. The molecule has 0 aromatic heterocycles. The molecule has 3 rings (SSSR count). The number of halogens is 1. The Bertz CT molecular complexity index is 1080. The highest BCUT2D eigenvalue weighted by Gasteiger charge is 2.37. The zero-order chi connectivity index (χ0) is 19.9. The molecule has 1 fully saturated rings. The molecule has 1 aliphatic heterocycles. The number of carbonyl (C=O) groups excluding carboxylic acids is 1. The number of sulfone groups is 1. The van der Waals surface area contributed by atoms with Crippen LogP contribution in [0.3, 0.4) is 0 Å². The van der Waals surface area contributed by atoms with Crippen molar-refractivity contribution in [3.05, 3.63) is 64.3 Å². The van der Waals surface area contributed by atoms with Gasteiger partial charge in [-0.05, 0) is 66.7 Å². The quantitative estimate of drug-likeness (QED) is 0.560. The molecule has 0 spiro atoms. The second kappa shape index (κ2) is 7.07. The highest BCUT2D eigenvalue weighted by Crippen LogP contribution is 2.31. The van der Waals surface area contributed by atoms with Gasteiger partial charge < -0.3 is 4.90 Å². The van der Waals surface area contributed by atoms with Crippen molar-refractivity contribution >= 4 is 56.4 Å². The zero-order valence-electron chi connectivity index (χ0n) is 14.9. The third-order valence-corrected chi connectivity index (χ3v) is 6.09. The van der Waals surface area contributed by atoms with Gasteiger partial charge in [0.15, 0.2) is 14.9 Å². The van der Waals surface area contributed by atoms with E-state index in [0.29, 0.717) is 27.1 Å². The first-order chi connectivity index (χ1) is 12.6. The molecule has 2 aromatic rings. The van der Waals surface area contributed by atoms with Crippen molar-refractivity contribution in [2.24, 2.45) is 0 Å². The molecule has 1 amide bonds. The first kappa shape index (κ1) is 19.5. The number of nitrogens with zero attached hydrogens (tertiary/aromatic N) is 2. The fraction of sp³-hybridized carbons (Fsp3) is 0.158. The summed E-state index contributed by atoms with van der Waals surface area (Å²) < 4.78 is 23.2. The number of carbonyl (C=O) groups is 1. The summed E-state index contributed by atoms with van der Waals surface area (Å²) in [6.45, 7) is 1.86. The van der Waals surface area contributed by atoms with E-state index in [4.69, 9.17) is 23.8 Å². The summed E-state index contributed by atoms with van der Waals surface area (Å²) in [6, 6.07) is 11.6. The predicted octanol–water partition coefficient (Wildman–Crippen LogP) is 3.66. The molecule has 0 saturated carbocycles. The minimum atomic E-state index is -3.27. The van der Waals surface area contributed by atoms with Gasteiger partial charge in [0.25, 0.3) is 5.91 Å². The normalized spacial score (nSPS) is 16.5. The molecule has 8 heteroatoms. The Kier molecular flexibility index (Phi) is 5.12. The van der Waals surface area contributed by atoms with Crippen LogP contribution in [0.1, 0.15) is 11.1 Å². The van der Waals surface area contributed by atoms with Gasteiger partial charge in [0, 0.05) is 18.3 Å². The minimum absolute atomic E-state index is 0.227. The van der Waals surface area contributed by atoms with E-state index in [1.165, 1.54) is 17.0 Å². The molecule has 0 radical (unpaired) electrons. The number of hydrogen-bond acceptors (Lipinski definition) is 4. The first-order valence-electron chi connectivity index (χ1n) is 7.99. The van der Waals surface area contributed by atoms with Crippen molar-refractivity contribution in [2.75, 3.05) is 18.2 Å². The Morgan fingerprint density at radius 2 is 1.74 bits per heavy atom. The molecule has 1 saturated heterocycles. The molecular weight excluding hydrogens is 404 g/mol. The van der Waals surface area contributed by atoms with Crippen LogP contribution in [0.2, 0.25) is 5.02 Å². The van der Waals surface area contributed by atoms with E-state index in [-0.39, 0.29) is 10.8 Å². The summed E-state index contributed by atoms with van der Waals surface area (Å²) in [5.74, 6) is -0.250. The Hall–Kier alpha value is -2.22. The van der Waals surface area contributed by atoms with Gasteiger partial charge in [0.05, 0.1) is 10.6 Å². The number of hydrogen-bond donors (Lipinski definition) is 0. The number of amides is 1. The minimum Gasteiger partial charge on any atom is -0.317 e. The Morgan fingerprint density at radius 1 is 1.11 bits per heavy atom. The number of aryl methyl sites for hydroxylation is 1. The first-order valence-corrected chi connectivity index (χ1v) is 10.7. The monoisotopic (exact) mass is 420 g/mol. The smallest absolute Gasteiger partial charge is 0.281 e. The average molecular weight is 421 g/mol. The van der Waals surface area contributed by atoms with Crippen LogP contribution in [-0.2, 0) is 14.6 Å². The number of benzene rings is 2.